The van der Waals surface area contributed by atoms with Crippen molar-refractivity contribution in [2.75, 3.05) is 0 Å². The van der Waals surface area contributed by atoms with Crippen LogP contribution in [0.15, 0.2) is 24.3 Å². The summed E-state index contributed by atoms with van der Waals surface area (Å²) >= 11 is 0. The Morgan fingerprint density at radius 3 is 2.50 bits per heavy atom. The fraction of sp³-hybridized carbons (Fsp3) is 0.625. The lowest BCUT2D eigenvalue weighted by molar-refractivity contribution is 0.330. The van der Waals surface area contributed by atoms with Crippen molar-refractivity contribution in [1.29, 1.82) is 0 Å². The summed E-state index contributed by atoms with van der Waals surface area (Å²) in [7, 11) is 0. The summed E-state index contributed by atoms with van der Waals surface area (Å²) in [6.07, 6.45) is 6.66. The second-order valence-corrected chi connectivity index (χ2v) is 5.66. The summed E-state index contributed by atoms with van der Waals surface area (Å²) in [5.74, 6) is 0.587. The van der Waals surface area contributed by atoms with E-state index >= 15 is 0 Å². The average molecular weight is 249 g/mol. The number of halogens is 1. The molecule has 3 unspecified atom stereocenters. The Morgan fingerprint density at radius 1 is 1.11 bits per heavy atom. The van der Waals surface area contributed by atoms with Crippen LogP contribution in [0.4, 0.5) is 4.39 Å². The molecule has 100 valence electrons. The van der Waals surface area contributed by atoms with Gasteiger partial charge in [0, 0.05) is 12.1 Å². The number of benzene rings is 1. The SMILES string of the molecule is CC(NC1CCCCCC1C)c1ccc(F)cc1. The van der Waals surface area contributed by atoms with E-state index in [9.17, 15) is 4.39 Å². The molecule has 1 aromatic carbocycles. The number of nitrogens with one attached hydrogen (secondary N) is 1. The van der Waals surface area contributed by atoms with E-state index in [1.165, 1.54) is 37.7 Å². The molecule has 3 atom stereocenters. The first kappa shape index (κ1) is 13.5. The molecule has 0 aliphatic heterocycles. The lowest BCUT2D eigenvalue weighted by atomic mass is 9.95. The van der Waals surface area contributed by atoms with Gasteiger partial charge in [-0.25, -0.2) is 4.39 Å². The molecule has 1 aromatic rings. The maximum atomic E-state index is 12.9. The minimum Gasteiger partial charge on any atom is -0.307 e. The first-order valence-corrected chi connectivity index (χ1v) is 7.18. The van der Waals surface area contributed by atoms with Crippen LogP contribution in [0.1, 0.15) is 57.6 Å². The standard InChI is InChI=1S/C16H24FN/c1-12-6-4-3-5-7-16(12)18-13(2)14-8-10-15(17)11-9-14/h8-13,16,18H,3-7H2,1-2H3. The molecular formula is C16H24FN. The van der Waals surface area contributed by atoms with Crippen molar-refractivity contribution in [2.24, 2.45) is 5.92 Å². The van der Waals surface area contributed by atoms with E-state index in [-0.39, 0.29) is 5.82 Å². The first-order chi connectivity index (χ1) is 8.66. The van der Waals surface area contributed by atoms with Gasteiger partial charge in [-0.2, -0.15) is 0 Å². The van der Waals surface area contributed by atoms with Crippen LogP contribution in [0.25, 0.3) is 0 Å². The van der Waals surface area contributed by atoms with Crippen LogP contribution >= 0.6 is 0 Å². The van der Waals surface area contributed by atoms with E-state index in [1.807, 2.05) is 12.1 Å². The smallest absolute Gasteiger partial charge is 0.123 e. The predicted molar refractivity (Wildman–Crippen MR) is 74.0 cm³/mol. The topological polar surface area (TPSA) is 12.0 Å². The summed E-state index contributed by atoms with van der Waals surface area (Å²) in [6.45, 7) is 4.52. The Balaban J connectivity index is 1.97. The van der Waals surface area contributed by atoms with Gasteiger partial charge in [0.25, 0.3) is 0 Å². The highest BCUT2D eigenvalue weighted by Gasteiger charge is 2.21. The molecule has 1 aliphatic carbocycles. The Morgan fingerprint density at radius 2 is 1.78 bits per heavy atom. The minimum absolute atomic E-state index is 0.159. The monoisotopic (exact) mass is 249 g/mol. The molecule has 1 saturated carbocycles. The van der Waals surface area contributed by atoms with Crippen LogP contribution in [-0.4, -0.2) is 6.04 Å². The van der Waals surface area contributed by atoms with Crippen molar-refractivity contribution in [3.63, 3.8) is 0 Å². The van der Waals surface area contributed by atoms with Crippen molar-refractivity contribution in [3.8, 4) is 0 Å². The first-order valence-electron chi connectivity index (χ1n) is 7.18. The largest absolute Gasteiger partial charge is 0.307 e. The fourth-order valence-electron chi connectivity index (χ4n) is 2.91. The van der Waals surface area contributed by atoms with E-state index in [2.05, 4.69) is 19.2 Å². The normalized spacial score (nSPS) is 26.6. The molecule has 0 spiro atoms. The molecule has 2 heteroatoms. The van der Waals surface area contributed by atoms with Gasteiger partial charge in [-0.1, -0.05) is 38.3 Å². The zero-order valence-corrected chi connectivity index (χ0v) is 11.5. The van der Waals surface area contributed by atoms with Gasteiger partial charge >= 0.3 is 0 Å². The third-order valence-corrected chi connectivity index (χ3v) is 4.20. The van der Waals surface area contributed by atoms with Gasteiger partial charge in [0.15, 0.2) is 0 Å². The molecule has 1 fully saturated rings. The van der Waals surface area contributed by atoms with E-state index in [0.717, 1.165) is 5.92 Å². The molecule has 0 radical (unpaired) electrons. The van der Waals surface area contributed by atoms with Crippen LogP contribution in [-0.2, 0) is 0 Å². The maximum absolute atomic E-state index is 12.9. The van der Waals surface area contributed by atoms with Gasteiger partial charge in [-0.3, -0.25) is 0 Å². The summed E-state index contributed by atoms with van der Waals surface area (Å²) in [6, 6.07) is 7.76. The van der Waals surface area contributed by atoms with Crippen molar-refractivity contribution in [2.45, 2.75) is 58.0 Å². The minimum atomic E-state index is -0.159. The van der Waals surface area contributed by atoms with Gasteiger partial charge in [0.05, 0.1) is 0 Å². The molecule has 1 N–H and O–H groups in total. The third-order valence-electron chi connectivity index (χ3n) is 4.20. The van der Waals surface area contributed by atoms with E-state index in [4.69, 9.17) is 0 Å². The molecule has 0 heterocycles. The number of rotatable bonds is 3. The van der Waals surface area contributed by atoms with Gasteiger partial charge in [0.1, 0.15) is 5.82 Å². The van der Waals surface area contributed by atoms with Crippen molar-refractivity contribution >= 4 is 0 Å². The summed E-state index contributed by atoms with van der Waals surface area (Å²) in [5.41, 5.74) is 1.17. The fourth-order valence-corrected chi connectivity index (χ4v) is 2.91. The van der Waals surface area contributed by atoms with Gasteiger partial charge < -0.3 is 5.32 Å². The molecule has 0 aromatic heterocycles. The van der Waals surface area contributed by atoms with Crippen molar-refractivity contribution in [3.05, 3.63) is 35.6 Å². The van der Waals surface area contributed by atoms with Crippen LogP contribution in [0.5, 0.6) is 0 Å². The highest BCUT2D eigenvalue weighted by atomic mass is 19.1. The van der Waals surface area contributed by atoms with Crippen molar-refractivity contribution in [1.82, 2.24) is 5.32 Å². The van der Waals surface area contributed by atoms with Crippen LogP contribution in [0.2, 0.25) is 0 Å². The second kappa shape index (κ2) is 6.33. The highest BCUT2D eigenvalue weighted by Crippen LogP contribution is 2.25. The molecule has 2 rings (SSSR count). The lowest BCUT2D eigenvalue weighted by Crippen LogP contribution is -2.36. The zero-order valence-electron chi connectivity index (χ0n) is 11.5. The summed E-state index contributed by atoms with van der Waals surface area (Å²) < 4.78 is 12.9. The number of hydrogen-bond acceptors (Lipinski definition) is 1. The molecule has 0 saturated heterocycles. The molecule has 1 nitrogen and oxygen atoms in total. The molecule has 0 amide bonds. The average Bonchev–Trinajstić information content (AvgIpc) is 2.56. The molecule has 1 aliphatic rings. The Hall–Kier alpha value is -0.890. The highest BCUT2D eigenvalue weighted by molar-refractivity contribution is 5.19. The van der Waals surface area contributed by atoms with E-state index in [1.54, 1.807) is 12.1 Å². The summed E-state index contributed by atoms with van der Waals surface area (Å²) in [5, 5.41) is 3.72. The Labute approximate surface area is 110 Å². The molecule has 0 bridgehead atoms. The predicted octanol–water partition coefficient (Wildman–Crippen LogP) is 4.45. The van der Waals surface area contributed by atoms with Crippen LogP contribution in [0, 0.1) is 11.7 Å². The molecular weight excluding hydrogens is 225 g/mol. The van der Waals surface area contributed by atoms with Crippen molar-refractivity contribution < 1.29 is 4.39 Å². The number of hydrogen-bond donors (Lipinski definition) is 1. The Bertz CT molecular complexity index is 360. The van der Waals surface area contributed by atoms with E-state index < -0.39 is 0 Å². The van der Waals surface area contributed by atoms with E-state index in [0.29, 0.717) is 12.1 Å². The molecule has 18 heavy (non-hydrogen) atoms. The Kier molecular flexibility index (Phi) is 4.76. The van der Waals surface area contributed by atoms with Gasteiger partial charge in [-0.15, -0.1) is 0 Å². The van der Waals surface area contributed by atoms with Crippen LogP contribution in [0.3, 0.4) is 0 Å². The zero-order chi connectivity index (χ0) is 13.0. The maximum Gasteiger partial charge on any atom is 0.123 e. The van der Waals surface area contributed by atoms with Crippen LogP contribution < -0.4 is 5.32 Å². The van der Waals surface area contributed by atoms with Gasteiger partial charge in [0.2, 0.25) is 0 Å². The lowest BCUT2D eigenvalue weighted by Gasteiger charge is -2.27. The third kappa shape index (κ3) is 3.55. The second-order valence-electron chi connectivity index (χ2n) is 5.66. The quantitative estimate of drug-likeness (QED) is 0.781. The summed E-state index contributed by atoms with van der Waals surface area (Å²) in [4.78, 5) is 0. The van der Waals surface area contributed by atoms with Gasteiger partial charge in [-0.05, 0) is 43.4 Å².